The van der Waals surface area contributed by atoms with Gasteiger partial charge >= 0.3 is 0 Å². The van der Waals surface area contributed by atoms with Gasteiger partial charge in [-0.2, -0.15) is 5.10 Å². The molecule has 4 aromatic rings. The molecule has 0 spiro atoms. The number of nitrogens with zero attached hydrogens (tertiary/aromatic N) is 2. The highest BCUT2D eigenvalue weighted by atomic mass is 32.2. The first kappa shape index (κ1) is 17.0. The minimum atomic E-state index is -3.82. The van der Waals surface area contributed by atoms with Crippen LogP contribution in [0.1, 0.15) is 0 Å². The number of anilines is 2. The zero-order valence-corrected chi connectivity index (χ0v) is 14.9. The van der Waals surface area contributed by atoms with E-state index >= 15 is 0 Å². The van der Waals surface area contributed by atoms with E-state index < -0.39 is 10.0 Å². The van der Waals surface area contributed by atoms with Gasteiger partial charge < -0.3 is 11.5 Å². The van der Waals surface area contributed by atoms with Crippen LogP contribution in [0, 0.1) is 0 Å². The molecular weight excluding hydrogens is 364 g/mol. The number of hydrogen-bond acceptors (Lipinski definition) is 6. The van der Waals surface area contributed by atoms with Crippen LogP contribution >= 0.6 is 0 Å². The molecule has 27 heavy (non-hydrogen) atoms. The maximum atomic E-state index is 11.7. The van der Waals surface area contributed by atoms with Crippen molar-refractivity contribution in [3.8, 4) is 22.3 Å². The van der Waals surface area contributed by atoms with Crippen LogP contribution in [0.4, 0.5) is 11.6 Å². The van der Waals surface area contributed by atoms with Gasteiger partial charge in [-0.3, -0.25) is 5.10 Å². The van der Waals surface area contributed by atoms with Crippen LogP contribution in [0.15, 0.2) is 59.6 Å². The van der Waals surface area contributed by atoms with Crippen molar-refractivity contribution in [3.05, 3.63) is 54.7 Å². The molecule has 7 N–H and O–H groups in total. The molecule has 0 aliphatic rings. The lowest BCUT2D eigenvalue weighted by atomic mass is 9.96. The van der Waals surface area contributed by atoms with Crippen molar-refractivity contribution in [3.63, 3.8) is 0 Å². The predicted octanol–water partition coefficient (Wildman–Crippen LogP) is 2.10. The maximum Gasteiger partial charge on any atom is 0.238 e. The van der Waals surface area contributed by atoms with Gasteiger partial charge in [0.25, 0.3) is 0 Å². The maximum absolute atomic E-state index is 11.7. The molecule has 4 rings (SSSR count). The van der Waals surface area contributed by atoms with Crippen LogP contribution < -0.4 is 16.6 Å². The Labute approximate surface area is 155 Å². The van der Waals surface area contributed by atoms with Crippen molar-refractivity contribution in [2.24, 2.45) is 5.14 Å². The Bertz CT molecular complexity index is 1280. The van der Waals surface area contributed by atoms with E-state index in [1.807, 2.05) is 18.2 Å². The lowest BCUT2D eigenvalue weighted by Gasteiger charge is -2.10. The third-order valence-corrected chi connectivity index (χ3v) is 5.20. The number of nitrogen functional groups attached to an aromatic ring is 2. The molecule has 8 nitrogen and oxygen atoms in total. The molecule has 2 aromatic heterocycles. The molecule has 0 amide bonds. The molecule has 9 heteroatoms. The van der Waals surface area contributed by atoms with E-state index in [0.717, 1.165) is 22.1 Å². The number of H-pyrrole nitrogens is 1. The first-order valence-corrected chi connectivity index (χ1v) is 9.50. The van der Waals surface area contributed by atoms with Gasteiger partial charge in [0.2, 0.25) is 10.0 Å². The predicted molar refractivity (Wildman–Crippen MR) is 105 cm³/mol. The van der Waals surface area contributed by atoms with Gasteiger partial charge in [0, 0.05) is 17.1 Å². The molecule has 0 radical (unpaired) electrons. The van der Waals surface area contributed by atoms with Crippen LogP contribution in [0.5, 0.6) is 0 Å². The van der Waals surface area contributed by atoms with Gasteiger partial charge in [0.15, 0.2) is 5.82 Å². The second-order valence-electron chi connectivity index (χ2n) is 6.10. The summed E-state index contributed by atoms with van der Waals surface area (Å²) in [4.78, 5) is 4.04. The van der Waals surface area contributed by atoms with Gasteiger partial charge in [-0.25, -0.2) is 18.5 Å². The number of rotatable bonds is 3. The average molecular weight is 380 g/mol. The summed E-state index contributed by atoms with van der Waals surface area (Å²) in [6.07, 6.45) is 1.62. The summed E-state index contributed by atoms with van der Waals surface area (Å²) in [5, 5.41) is 13.0. The number of benzene rings is 2. The Morgan fingerprint density at radius 1 is 0.926 bits per heavy atom. The van der Waals surface area contributed by atoms with E-state index in [1.54, 1.807) is 24.4 Å². The smallest absolute Gasteiger partial charge is 0.238 e. The Morgan fingerprint density at radius 3 is 2.48 bits per heavy atom. The standard InChI is InChI=1S/C18H16N6O2S/c19-16-9-10(4-5-22-16)12-7-14(17-15(8-12)18(20)24-23-17)11-2-1-3-13(6-11)27(21,25)26/h1-9H,(H2,19,22)(H3,20,23,24)(H2,21,25,26). The number of fused-ring (bicyclic) bond motifs is 1. The molecule has 0 saturated carbocycles. The van der Waals surface area contributed by atoms with Crippen molar-refractivity contribution in [2.45, 2.75) is 4.90 Å². The van der Waals surface area contributed by atoms with Gasteiger partial charge in [-0.05, 0) is 53.1 Å². The van der Waals surface area contributed by atoms with E-state index in [2.05, 4.69) is 15.2 Å². The van der Waals surface area contributed by atoms with Crippen molar-refractivity contribution >= 4 is 32.6 Å². The Balaban J connectivity index is 2.01. The van der Waals surface area contributed by atoms with Crippen LogP contribution in [0.25, 0.3) is 33.2 Å². The van der Waals surface area contributed by atoms with E-state index in [-0.39, 0.29) is 4.90 Å². The molecular formula is C18H16N6O2S. The molecule has 136 valence electrons. The van der Waals surface area contributed by atoms with Crippen LogP contribution in [0.2, 0.25) is 0 Å². The summed E-state index contributed by atoms with van der Waals surface area (Å²) < 4.78 is 23.5. The highest BCUT2D eigenvalue weighted by Gasteiger charge is 2.15. The van der Waals surface area contributed by atoms with Gasteiger partial charge in [-0.1, -0.05) is 12.1 Å². The summed E-state index contributed by atoms with van der Waals surface area (Å²) in [6, 6.07) is 13.8. The molecule has 0 fully saturated rings. The fourth-order valence-electron chi connectivity index (χ4n) is 3.00. The van der Waals surface area contributed by atoms with E-state index in [9.17, 15) is 8.42 Å². The van der Waals surface area contributed by atoms with Crippen LogP contribution in [-0.4, -0.2) is 23.6 Å². The van der Waals surface area contributed by atoms with Crippen LogP contribution in [-0.2, 0) is 10.0 Å². The van der Waals surface area contributed by atoms with Crippen molar-refractivity contribution in [2.75, 3.05) is 11.5 Å². The number of sulfonamides is 1. The number of nitrogens with two attached hydrogens (primary N) is 3. The fourth-order valence-corrected chi connectivity index (χ4v) is 3.56. The first-order valence-electron chi connectivity index (χ1n) is 7.95. The van der Waals surface area contributed by atoms with Crippen molar-refractivity contribution in [1.82, 2.24) is 15.2 Å². The highest BCUT2D eigenvalue weighted by molar-refractivity contribution is 7.89. The van der Waals surface area contributed by atoms with Gasteiger partial charge in [0.1, 0.15) is 5.82 Å². The third-order valence-electron chi connectivity index (χ3n) is 4.29. The summed E-state index contributed by atoms with van der Waals surface area (Å²) in [7, 11) is -3.82. The lowest BCUT2D eigenvalue weighted by molar-refractivity contribution is 0.598. The number of nitrogens with one attached hydrogen (secondary N) is 1. The molecule has 0 aliphatic carbocycles. The summed E-state index contributed by atoms with van der Waals surface area (Å²) >= 11 is 0. The molecule has 2 aromatic carbocycles. The Kier molecular flexibility index (Phi) is 3.83. The Morgan fingerprint density at radius 2 is 1.74 bits per heavy atom. The second kappa shape index (κ2) is 6.08. The number of primary sulfonamides is 1. The van der Waals surface area contributed by atoms with E-state index in [0.29, 0.717) is 22.7 Å². The second-order valence-corrected chi connectivity index (χ2v) is 7.66. The summed E-state index contributed by atoms with van der Waals surface area (Å²) in [5.74, 6) is 0.739. The Hall–Kier alpha value is -3.43. The normalized spacial score (nSPS) is 11.7. The summed E-state index contributed by atoms with van der Waals surface area (Å²) in [6.45, 7) is 0. The zero-order chi connectivity index (χ0) is 19.2. The molecule has 0 aliphatic heterocycles. The van der Waals surface area contributed by atoms with Crippen LogP contribution in [0.3, 0.4) is 0 Å². The fraction of sp³-hybridized carbons (Fsp3) is 0. The largest absolute Gasteiger partial charge is 0.384 e. The zero-order valence-electron chi connectivity index (χ0n) is 14.0. The number of pyridine rings is 1. The van der Waals surface area contributed by atoms with Crippen molar-refractivity contribution < 1.29 is 8.42 Å². The minimum Gasteiger partial charge on any atom is -0.384 e. The van der Waals surface area contributed by atoms with Gasteiger partial charge in [0.05, 0.1) is 10.4 Å². The molecule has 0 atom stereocenters. The number of hydrogen-bond donors (Lipinski definition) is 4. The molecule has 0 unspecified atom stereocenters. The lowest BCUT2D eigenvalue weighted by Crippen LogP contribution is -2.11. The third kappa shape index (κ3) is 3.09. The van der Waals surface area contributed by atoms with E-state index in [1.165, 1.54) is 12.1 Å². The number of aromatic nitrogens is 3. The quantitative estimate of drug-likeness (QED) is 0.427. The monoisotopic (exact) mass is 380 g/mol. The summed E-state index contributed by atoms with van der Waals surface area (Å²) in [5.41, 5.74) is 15.6. The molecule has 2 heterocycles. The topological polar surface area (TPSA) is 154 Å². The molecule has 0 bridgehead atoms. The first-order chi connectivity index (χ1) is 12.8. The minimum absolute atomic E-state index is 0.0270. The highest BCUT2D eigenvalue weighted by Crippen LogP contribution is 2.35. The van der Waals surface area contributed by atoms with Crippen molar-refractivity contribution in [1.29, 1.82) is 0 Å². The SMILES string of the molecule is Nc1cc(-c2cc(-c3cccc(S(N)(=O)=O)c3)c3[nH]nc(N)c3c2)ccn1. The number of aromatic amines is 1. The van der Waals surface area contributed by atoms with E-state index in [4.69, 9.17) is 16.6 Å². The average Bonchev–Trinajstić information content (AvgIpc) is 3.01. The molecule has 0 saturated heterocycles. The van der Waals surface area contributed by atoms with Gasteiger partial charge in [-0.15, -0.1) is 0 Å².